The molecular formula is C16H18ClNO. The van der Waals surface area contributed by atoms with E-state index in [2.05, 4.69) is 32.9 Å². The van der Waals surface area contributed by atoms with Crippen molar-refractivity contribution in [1.82, 2.24) is 0 Å². The molecule has 0 radical (unpaired) electrons. The highest BCUT2D eigenvalue weighted by Gasteiger charge is 2.06. The Kier molecular flexibility index (Phi) is 4.01. The average molecular weight is 276 g/mol. The Morgan fingerprint density at radius 1 is 1.05 bits per heavy atom. The minimum atomic E-state index is 0.492. The Bertz CT molecular complexity index is 585. The van der Waals surface area contributed by atoms with Gasteiger partial charge in [-0.05, 0) is 49.6 Å². The highest BCUT2D eigenvalue weighted by atomic mass is 35.5. The van der Waals surface area contributed by atoms with Crippen LogP contribution < -0.4 is 10.5 Å². The number of anilines is 1. The van der Waals surface area contributed by atoms with Gasteiger partial charge in [-0.2, -0.15) is 0 Å². The van der Waals surface area contributed by atoms with Crippen LogP contribution in [0.15, 0.2) is 30.3 Å². The molecule has 0 unspecified atom stereocenters. The first-order valence-corrected chi connectivity index (χ1v) is 6.59. The second-order valence-electron chi connectivity index (χ2n) is 4.87. The molecule has 0 saturated carbocycles. The van der Waals surface area contributed by atoms with Crippen LogP contribution in [-0.2, 0) is 6.61 Å². The zero-order valence-corrected chi connectivity index (χ0v) is 12.2. The van der Waals surface area contributed by atoms with Gasteiger partial charge in [0.2, 0.25) is 0 Å². The maximum absolute atomic E-state index is 5.90. The number of rotatable bonds is 3. The third-order valence-electron chi connectivity index (χ3n) is 3.05. The Morgan fingerprint density at radius 2 is 1.68 bits per heavy atom. The predicted octanol–water partition coefficient (Wildman–Crippen LogP) is 4.43. The Morgan fingerprint density at radius 3 is 2.26 bits per heavy atom. The lowest BCUT2D eigenvalue weighted by molar-refractivity contribution is 0.302. The van der Waals surface area contributed by atoms with Crippen LogP contribution in [0.25, 0.3) is 0 Å². The highest BCUT2D eigenvalue weighted by Crippen LogP contribution is 2.26. The maximum Gasteiger partial charge on any atom is 0.125 e. The van der Waals surface area contributed by atoms with Crippen molar-refractivity contribution in [3.05, 3.63) is 57.6 Å². The van der Waals surface area contributed by atoms with E-state index in [1.54, 1.807) is 6.07 Å². The SMILES string of the molecule is Cc1cc(C)c(OCc2ccc(Cl)c(N)c2)c(C)c1. The van der Waals surface area contributed by atoms with Crippen molar-refractivity contribution in [2.75, 3.05) is 5.73 Å². The number of nitrogens with two attached hydrogens (primary N) is 1. The minimum Gasteiger partial charge on any atom is -0.488 e. The van der Waals surface area contributed by atoms with Crippen molar-refractivity contribution in [2.45, 2.75) is 27.4 Å². The molecule has 2 aromatic carbocycles. The Hall–Kier alpha value is -1.67. The van der Waals surface area contributed by atoms with E-state index in [-0.39, 0.29) is 0 Å². The molecule has 0 fully saturated rings. The molecule has 0 aromatic heterocycles. The number of ether oxygens (including phenoxy) is 1. The van der Waals surface area contributed by atoms with Gasteiger partial charge in [-0.15, -0.1) is 0 Å². The van der Waals surface area contributed by atoms with E-state index in [1.165, 1.54) is 5.56 Å². The smallest absolute Gasteiger partial charge is 0.125 e. The first kappa shape index (κ1) is 13.8. The van der Waals surface area contributed by atoms with Crippen molar-refractivity contribution < 1.29 is 4.74 Å². The van der Waals surface area contributed by atoms with Gasteiger partial charge in [0, 0.05) is 0 Å². The molecule has 3 heteroatoms. The molecule has 0 aliphatic rings. The average Bonchev–Trinajstić information content (AvgIpc) is 2.32. The molecule has 0 spiro atoms. The van der Waals surface area contributed by atoms with Crippen LogP contribution in [0.1, 0.15) is 22.3 Å². The molecule has 0 atom stereocenters. The van der Waals surface area contributed by atoms with Crippen molar-refractivity contribution in [3.63, 3.8) is 0 Å². The van der Waals surface area contributed by atoms with Gasteiger partial charge in [0.15, 0.2) is 0 Å². The summed E-state index contributed by atoms with van der Waals surface area (Å²) in [6.07, 6.45) is 0. The van der Waals surface area contributed by atoms with Crippen molar-refractivity contribution in [2.24, 2.45) is 0 Å². The van der Waals surface area contributed by atoms with Gasteiger partial charge in [-0.1, -0.05) is 35.4 Å². The molecule has 0 amide bonds. The molecule has 0 aliphatic carbocycles. The number of benzene rings is 2. The van der Waals surface area contributed by atoms with Gasteiger partial charge < -0.3 is 10.5 Å². The van der Waals surface area contributed by atoms with Gasteiger partial charge in [-0.25, -0.2) is 0 Å². The second kappa shape index (κ2) is 5.54. The van der Waals surface area contributed by atoms with Crippen molar-refractivity contribution in [1.29, 1.82) is 0 Å². The van der Waals surface area contributed by atoms with Crippen LogP contribution in [0.3, 0.4) is 0 Å². The van der Waals surface area contributed by atoms with E-state index in [0.717, 1.165) is 22.4 Å². The number of halogens is 1. The van der Waals surface area contributed by atoms with Crippen LogP contribution in [-0.4, -0.2) is 0 Å². The molecule has 2 nitrogen and oxygen atoms in total. The van der Waals surface area contributed by atoms with E-state index >= 15 is 0 Å². The van der Waals surface area contributed by atoms with Crippen LogP contribution in [0.5, 0.6) is 5.75 Å². The Labute approximate surface area is 119 Å². The summed E-state index contributed by atoms with van der Waals surface area (Å²) < 4.78 is 5.90. The first-order chi connectivity index (χ1) is 8.97. The van der Waals surface area contributed by atoms with Crippen molar-refractivity contribution >= 4 is 17.3 Å². The summed E-state index contributed by atoms with van der Waals surface area (Å²) in [5, 5.41) is 0.575. The van der Waals surface area contributed by atoms with Gasteiger partial charge in [0.25, 0.3) is 0 Å². The topological polar surface area (TPSA) is 35.2 Å². The Balaban J connectivity index is 2.16. The van der Waals surface area contributed by atoms with E-state index in [9.17, 15) is 0 Å². The molecule has 2 N–H and O–H groups in total. The molecule has 0 bridgehead atoms. The quantitative estimate of drug-likeness (QED) is 0.841. The summed E-state index contributed by atoms with van der Waals surface area (Å²) in [5.41, 5.74) is 10.9. The van der Waals surface area contributed by atoms with Crippen LogP contribution >= 0.6 is 11.6 Å². The summed E-state index contributed by atoms with van der Waals surface area (Å²) in [6.45, 7) is 6.70. The van der Waals surface area contributed by atoms with Crippen molar-refractivity contribution in [3.8, 4) is 5.75 Å². The molecule has 0 aliphatic heterocycles. The van der Waals surface area contributed by atoms with E-state index in [0.29, 0.717) is 17.3 Å². The molecular weight excluding hydrogens is 258 g/mol. The molecule has 100 valence electrons. The highest BCUT2D eigenvalue weighted by molar-refractivity contribution is 6.33. The van der Waals surface area contributed by atoms with E-state index < -0.39 is 0 Å². The third kappa shape index (κ3) is 3.21. The summed E-state index contributed by atoms with van der Waals surface area (Å²) in [4.78, 5) is 0. The fourth-order valence-corrected chi connectivity index (χ4v) is 2.35. The number of hydrogen-bond donors (Lipinski definition) is 1. The van der Waals surface area contributed by atoms with Gasteiger partial charge >= 0.3 is 0 Å². The minimum absolute atomic E-state index is 0.492. The molecule has 2 aromatic rings. The molecule has 19 heavy (non-hydrogen) atoms. The normalized spacial score (nSPS) is 10.5. The van der Waals surface area contributed by atoms with Crippen LogP contribution in [0.4, 0.5) is 5.69 Å². The largest absolute Gasteiger partial charge is 0.488 e. The fourth-order valence-electron chi connectivity index (χ4n) is 2.23. The fraction of sp³-hybridized carbons (Fsp3) is 0.250. The zero-order valence-electron chi connectivity index (χ0n) is 11.5. The number of aryl methyl sites for hydroxylation is 3. The second-order valence-corrected chi connectivity index (χ2v) is 5.28. The lowest BCUT2D eigenvalue weighted by atomic mass is 10.1. The lowest BCUT2D eigenvalue weighted by Crippen LogP contribution is -2.00. The van der Waals surface area contributed by atoms with Gasteiger partial charge in [-0.3, -0.25) is 0 Å². The first-order valence-electron chi connectivity index (χ1n) is 6.22. The summed E-state index contributed by atoms with van der Waals surface area (Å²) in [7, 11) is 0. The molecule has 2 rings (SSSR count). The monoisotopic (exact) mass is 275 g/mol. The lowest BCUT2D eigenvalue weighted by Gasteiger charge is -2.13. The summed E-state index contributed by atoms with van der Waals surface area (Å²) in [6, 6.07) is 9.82. The van der Waals surface area contributed by atoms with Crippen LogP contribution in [0.2, 0.25) is 5.02 Å². The summed E-state index contributed by atoms with van der Waals surface area (Å²) >= 11 is 5.90. The van der Waals surface area contributed by atoms with E-state index in [4.69, 9.17) is 22.1 Å². The van der Waals surface area contributed by atoms with Crippen LogP contribution in [0, 0.1) is 20.8 Å². The molecule has 0 heterocycles. The summed E-state index contributed by atoms with van der Waals surface area (Å²) in [5.74, 6) is 0.944. The zero-order chi connectivity index (χ0) is 14.0. The number of nitrogen functional groups attached to an aromatic ring is 1. The third-order valence-corrected chi connectivity index (χ3v) is 3.39. The molecule has 0 saturated heterocycles. The van der Waals surface area contributed by atoms with Gasteiger partial charge in [0.05, 0.1) is 10.7 Å². The van der Waals surface area contributed by atoms with E-state index in [1.807, 2.05) is 12.1 Å². The standard InChI is InChI=1S/C16H18ClNO/c1-10-6-11(2)16(12(3)7-10)19-9-13-4-5-14(17)15(18)8-13/h4-8H,9,18H2,1-3H3. The number of hydrogen-bond acceptors (Lipinski definition) is 2. The van der Waals surface area contributed by atoms with Gasteiger partial charge in [0.1, 0.15) is 12.4 Å². The predicted molar refractivity (Wildman–Crippen MR) is 80.8 cm³/mol. The maximum atomic E-state index is 5.90.